The van der Waals surface area contributed by atoms with E-state index in [9.17, 15) is 10.2 Å². The number of benzene rings is 2. The molecule has 0 amide bonds. The third-order valence-corrected chi connectivity index (χ3v) is 8.16. The van der Waals surface area contributed by atoms with E-state index in [4.69, 9.17) is 4.74 Å². The third-order valence-electron chi connectivity index (χ3n) is 6.86. The van der Waals surface area contributed by atoms with Crippen molar-refractivity contribution in [2.24, 2.45) is 0 Å². The molecule has 2 aliphatic carbocycles. The maximum Gasteiger partial charge on any atom is 0.119 e. The molecule has 1 saturated heterocycles. The Morgan fingerprint density at radius 2 is 1.73 bits per heavy atom. The highest BCUT2D eigenvalue weighted by Gasteiger charge is 2.35. The zero-order valence-electron chi connectivity index (χ0n) is 18.5. The molecule has 4 nitrogen and oxygen atoms in total. The number of phenolic OH excluding ortho intramolecular Hbond substituents is 1. The van der Waals surface area contributed by atoms with E-state index in [-0.39, 0.29) is 11.0 Å². The Morgan fingerprint density at radius 1 is 0.909 bits per heavy atom. The summed E-state index contributed by atoms with van der Waals surface area (Å²) in [5, 5.41) is 22.5. The van der Waals surface area contributed by atoms with Gasteiger partial charge in [-0.15, -0.1) is 11.8 Å². The molecule has 168 valence electrons. The minimum Gasteiger partial charge on any atom is -0.508 e. The molecule has 0 bridgehead atoms. The Labute approximate surface area is 197 Å². The lowest BCUT2D eigenvalue weighted by molar-refractivity contribution is 0.183. The monoisotopic (exact) mass is 457 g/mol. The number of piperidine rings is 1. The molecule has 5 heteroatoms. The second kappa shape index (κ2) is 8.47. The smallest absolute Gasteiger partial charge is 0.119 e. The molecule has 1 fully saturated rings. The van der Waals surface area contributed by atoms with Crippen LogP contribution in [-0.4, -0.2) is 46.6 Å². The van der Waals surface area contributed by atoms with Crippen LogP contribution in [0.2, 0.25) is 0 Å². The zero-order chi connectivity index (χ0) is 22.4. The number of ether oxygens (including phenoxy) is 1. The van der Waals surface area contributed by atoms with Crippen LogP contribution in [0.15, 0.2) is 77.6 Å². The van der Waals surface area contributed by atoms with Crippen LogP contribution in [-0.2, 0) is 0 Å². The van der Waals surface area contributed by atoms with Crippen molar-refractivity contribution in [2.45, 2.75) is 24.5 Å². The number of thioether (sulfide) groups is 1. The average molecular weight is 458 g/mol. The molecule has 2 heterocycles. The van der Waals surface area contributed by atoms with Gasteiger partial charge >= 0.3 is 0 Å². The van der Waals surface area contributed by atoms with Crippen molar-refractivity contribution in [1.29, 1.82) is 0 Å². The van der Waals surface area contributed by atoms with Crippen LogP contribution in [0.3, 0.4) is 0 Å². The van der Waals surface area contributed by atoms with E-state index in [1.807, 2.05) is 24.3 Å². The van der Waals surface area contributed by atoms with Crippen LogP contribution < -0.4 is 15.2 Å². The zero-order valence-corrected chi connectivity index (χ0v) is 19.3. The van der Waals surface area contributed by atoms with Crippen LogP contribution in [0.25, 0.3) is 10.5 Å². The lowest BCUT2D eigenvalue weighted by Crippen LogP contribution is -2.33. The van der Waals surface area contributed by atoms with Crippen molar-refractivity contribution in [1.82, 2.24) is 4.90 Å². The topological polar surface area (TPSA) is 52.9 Å². The Bertz CT molecular complexity index is 1310. The van der Waals surface area contributed by atoms with Gasteiger partial charge in [0.1, 0.15) is 23.9 Å². The quantitative estimate of drug-likeness (QED) is 0.711. The number of aromatic hydroxyl groups is 1. The van der Waals surface area contributed by atoms with Crippen LogP contribution >= 0.6 is 11.8 Å². The maximum absolute atomic E-state index is 10.2. The Balaban J connectivity index is 1.31. The standard InChI is InChI=1S/C28H27NO3S/c30-19-6-10-22-24(16-19)28-27(23-11-7-20(31)17-25(23)33-28)26(22)18-4-8-21(9-5-18)32-15-14-29-12-2-1-3-13-29/h4-11,16-17,25,30-31H,1-3,12-15H2. The molecule has 6 rings (SSSR count). The van der Waals surface area contributed by atoms with Crippen molar-refractivity contribution >= 4 is 22.2 Å². The molecule has 1 atom stereocenters. The van der Waals surface area contributed by atoms with Crippen LogP contribution in [0, 0.1) is 0 Å². The van der Waals surface area contributed by atoms with Crippen molar-refractivity contribution in [3.05, 3.63) is 93.6 Å². The van der Waals surface area contributed by atoms with Gasteiger partial charge in [-0.25, -0.2) is 0 Å². The summed E-state index contributed by atoms with van der Waals surface area (Å²) in [7, 11) is 0. The predicted molar refractivity (Wildman–Crippen MR) is 134 cm³/mol. The van der Waals surface area contributed by atoms with Crippen molar-refractivity contribution < 1.29 is 14.9 Å². The van der Waals surface area contributed by atoms with Gasteiger partial charge in [0.25, 0.3) is 0 Å². The molecule has 0 spiro atoms. The lowest BCUT2D eigenvalue weighted by atomic mass is 9.92. The van der Waals surface area contributed by atoms with Crippen LogP contribution in [0.5, 0.6) is 11.5 Å². The summed E-state index contributed by atoms with van der Waals surface area (Å²) in [4.78, 5) is 3.66. The van der Waals surface area contributed by atoms with Crippen molar-refractivity contribution in [2.75, 3.05) is 26.2 Å². The largest absolute Gasteiger partial charge is 0.508 e. The minimum atomic E-state index is 0.0999. The number of hydrogen-bond acceptors (Lipinski definition) is 5. The van der Waals surface area contributed by atoms with E-state index in [2.05, 4.69) is 29.2 Å². The highest BCUT2D eigenvalue weighted by atomic mass is 32.2. The number of hydrogen-bond donors (Lipinski definition) is 2. The minimum absolute atomic E-state index is 0.0999. The van der Waals surface area contributed by atoms with E-state index in [1.54, 1.807) is 23.9 Å². The maximum atomic E-state index is 10.2. The van der Waals surface area contributed by atoms with E-state index in [1.165, 1.54) is 54.0 Å². The summed E-state index contributed by atoms with van der Waals surface area (Å²) in [5.74, 6) is 1.47. The summed E-state index contributed by atoms with van der Waals surface area (Å²) in [6.07, 6.45) is 9.64. The fraction of sp³-hybridized carbons (Fsp3) is 0.286. The summed E-state index contributed by atoms with van der Waals surface area (Å²) >= 11 is 1.74. The van der Waals surface area contributed by atoms with Gasteiger partial charge in [0.15, 0.2) is 0 Å². The van der Waals surface area contributed by atoms with Gasteiger partial charge in [0, 0.05) is 22.2 Å². The number of fused-ring (bicyclic) bond motifs is 3. The molecular formula is C28H27NO3S. The highest BCUT2D eigenvalue weighted by Crippen LogP contribution is 2.51. The molecule has 4 aliphatic rings. The molecule has 1 unspecified atom stereocenters. The number of aliphatic hydroxyl groups excluding tert-OH is 1. The number of nitrogens with zero attached hydrogens (tertiary/aromatic N) is 1. The molecule has 0 saturated carbocycles. The van der Waals surface area contributed by atoms with Crippen molar-refractivity contribution in [3.63, 3.8) is 0 Å². The number of phenols is 1. The second-order valence-electron chi connectivity index (χ2n) is 9.00. The molecular weight excluding hydrogens is 430 g/mol. The normalized spacial score (nSPS) is 21.7. The summed E-state index contributed by atoms with van der Waals surface area (Å²) in [6.45, 7) is 4.07. The molecule has 2 aliphatic heterocycles. The first-order chi connectivity index (χ1) is 16.2. The number of allylic oxidation sites excluding steroid dienone is 2. The third kappa shape index (κ3) is 3.79. The summed E-state index contributed by atoms with van der Waals surface area (Å²) in [5.41, 5.74) is 4.74. The van der Waals surface area contributed by atoms with E-state index >= 15 is 0 Å². The lowest BCUT2D eigenvalue weighted by Gasteiger charge is -2.26. The first-order valence-corrected chi connectivity index (χ1v) is 12.6. The summed E-state index contributed by atoms with van der Waals surface area (Å²) < 4.78 is 6.04. The fourth-order valence-corrected chi connectivity index (χ4v) is 6.65. The molecule has 2 N–H and O–H groups in total. The Morgan fingerprint density at radius 3 is 2.55 bits per heavy atom. The van der Waals surface area contributed by atoms with Gasteiger partial charge in [0.2, 0.25) is 0 Å². The number of likely N-dealkylation sites (tertiary alicyclic amines) is 1. The number of rotatable bonds is 5. The van der Waals surface area contributed by atoms with E-state index in [0.29, 0.717) is 12.4 Å². The molecule has 2 aromatic carbocycles. The number of aliphatic hydroxyl groups is 1. The van der Waals surface area contributed by atoms with Gasteiger partial charge < -0.3 is 14.9 Å². The average Bonchev–Trinajstić information content (AvgIpc) is 3.34. The Hall–Kier alpha value is -2.89. The molecule has 0 radical (unpaired) electrons. The molecule has 2 aromatic rings. The van der Waals surface area contributed by atoms with Gasteiger partial charge in [0.05, 0.1) is 5.25 Å². The fourth-order valence-electron chi connectivity index (χ4n) is 5.23. The first-order valence-electron chi connectivity index (χ1n) is 11.7. The molecule has 33 heavy (non-hydrogen) atoms. The highest BCUT2D eigenvalue weighted by molar-refractivity contribution is 8.09. The van der Waals surface area contributed by atoms with Crippen LogP contribution in [0.4, 0.5) is 0 Å². The van der Waals surface area contributed by atoms with Gasteiger partial charge in [-0.3, -0.25) is 4.90 Å². The van der Waals surface area contributed by atoms with E-state index in [0.717, 1.165) is 28.3 Å². The van der Waals surface area contributed by atoms with E-state index < -0.39 is 0 Å². The Kier molecular flexibility index (Phi) is 5.31. The molecule has 0 aromatic heterocycles. The predicted octanol–water partition coefficient (Wildman–Crippen LogP) is 4.00. The van der Waals surface area contributed by atoms with Gasteiger partial charge in [-0.2, -0.15) is 0 Å². The van der Waals surface area contributed by atoms with Crippen molar-refractivity contribution in [3.8, 4) is 11.5 Å². The summed E-state index contributed by atoms with van der Waals surface area (Å²) in [6, 6.07) is 14.0. The van der Waals surface area contributed by atoms with Gasteiger partial charge in [-0.05, 0) is 84.3 Å². The van der Waals surface area contributed by atoms with Gasteiger partial charge in [-0.1, -0.05) is 30.7 Å². The first kappa shape index (κ1) is 20.7. The van der Waals surface area contributed by atoms with Crippen LogP contribution in [0.1, 0.15) is 24.8 Å². The SMILES string of the molecule is OC1=CC2SC3=c4cc(O)ccc4=C(c4ccc(OCCN5CCCCC5)cc4)C3=C2C=C1. The second-order valence-corrected chi connectivity index (χ2v) is 10.2.